The molecule has 0 atom stereocenters. The van der Waals surface area contributed by atoms with Crippen molar-refractivity contribution in [1.82, 2.24) is 0 Å². The molecular weight excluding hydrogens is 272 g/mol. The maximum absolute atomic E-state index is 11.9. The zero-order chi connectivity index (χ0) is 16.0. The van der Waals surface area contributed by atoms with Gasteiger partial charge in [0, 0.05) is 0 Å². The van der Waals surface area contributed by atoms with Crippen molar-refractivity contribution in [3.8, 4) is 0 Å². The van der Waals surface area contributed by atoms with Gasteiger partial charge < -0.3 is 14.6 Å². The number of ether oxygens (including phenoxy) is 2. The summed E-state index contributed by atoms with van der Waals surface area (Å²) in [7, 11) is 0. The zero-order valence-electron chi connectivity index (χ0n) is 12.7. The largest absolute Gasteiger partial charge is 0.511 e. The van der Waals surface area contributed by atoms with E-state index in [1.807, 2.05) is 18.2 Å². The molecule has 0 heterocycles. The number of aliphatic hydroxyl groups excluding tert-OH is 1. The Balaban J connectivity index is 2.76. The lowest BCUT2D eigenvalue weighted by molar-refractivity contribution is -0.155. The highest BCUT2D eigenvalue weighted by atomic mass is 16.6. The van der Waals surface area contributed by atoms with Crippen molar-refractivity contribution in [2.75, 3.05) is 0 Å². The summed E-state index contributed by atoms with van der Waals surface area (Å²) in [6, 6.07) is 9.04. The summed E-state index contributed by atoms with van der Waals surface area (Å²) in [5, 5.41) is 9.52. The number of aliphatic hydroxyl groups is 1. The van der Waals surface area contributed by atoms with E-state index in [9.17, 15) is 14.7 Å². The van der Waals surface area contributed by atoms with Gasteiger partial charge in [-0.25, -0.2) is 9.59 Å². The van der Waals surface area contributed by atoms with Gasteiger partial charge in [-0.1, -0.05) is 30.3 Å². The van der Waals surface area contributed by atoms with Crippen molar-refractivity contribution in [3.63, 3.8) is 0 Å². The maximum Gasteiger partial charge on any atom is 0.349 e. The summed E-state index contributed by atoms with van der Waals surface area (Å²) in [4.78, 5) is 23.9. The van der Waals surface area contributed by atoms with Gasteiger partial charge in [-0.05, 0) is 33.3 Å². The van der Waals surface area contributed by atoms with Crippen LogP contribution in [-0.4, -0.2) is 22.6 Å². The summed E-state index contributed by atoms with van der Waals surface area (Å²) in [6.45, 7) is 6.27. The molecule has 1 N–H and O–H groups in total. The molecule has 0 spiro atoms. The molecule has 0 saturated carbocycles. The van der Waals surface area contributed by atoms with Crippen LogP contribution in [0.2, 0.25) is 0 Å². The Morgan fingerprint density at radius 1 is 1.10 bits per heavy atom. The second kappa shape index (κ2) is 6.92. The van der Waals surface area contributed by atoms with Crippen LogP contribution in [0, 0.1) is 0 Å². The minimum Gasteiger partial charge on any atom is -0.511 e. The molecule has 114 valence electrons. The molecule has 0 radical (unpaired) electrons. The van der Waals surface area contributed by atoms with Crippen LogP contribution in [0.4, 0.5) is 0 Å². The Labute approximate surface area is 124 Å². The minimum atomic E-state index is -0.909. The van der Waals surface area contributed by atoms with Crippen molar-refractivity contribution in [2.45, 2.75) is 39.9 Å². The average Bonchev–Trinajstić information content (AvgIpc) is 2.35. The Hall–Kier alpha value is -2.30. The molecule has 1 aromatic rings. The Morgan fingerprint density at radius 2 is 1.67 bits per heavy atom. The lowest BCUT2D eigenvalue weighted by Gasteiger charge is -2.20. The Morgan fingerprint density at radius 3 is 2.14 bits per heavy atom. The first-order valence-electron chi connectivity index (χ1n) is 6.55. The second-order valence-corrected chi connectivity index (χ2v) is 5.52. The van der Waals surface area contributed by atoms with E-state index in [2.05, 4.69) is 0 Å². The number of carbonyl (C=O) groups is 2. The topological polar surface area (TPSA) is 72.8 Å². The lowest BCUT2D eigenvalue weighted by atomic mass is 10.1. The third-order valence-corrected chi connectivity index (χ3v) is 2.38. The molecule has 5 heteroatoms. The van der Waals surface area contributed by atoms with Crippen LogP contribution in [0.25, 0.3) is 0 Å². The first-order valence-corrected chi connectivity index (χ1v) is 6.55. The van der Waals surface area contributed by atoms with Gasteiger partial charge in [-0.3, -0.25) is 0 Å². The molecular formula is C16H20O5. The van der Waals surface area contributed by atoms with Crippen molar-refractivity contribution < 1.29 is 24.2 Å². The van der Waals surface area contributed by atoms with Crippen LogP contribution in [0.1, 0.15) is 33.3 Å². The molecule has 21 heavy (non-hydrogen) atoms. The number of rotatable bonds is 4. The molecule has 0 aliphatic carbocycles. The number of hydrogen-bond acceptors (Lipinski definition) is 5. The quantitative estimate of drug-likeness (QED) is 0.304. The summed E-state index contributed by atoms with van der Waals surface area (Å²) in [6.07, 6.45) is 0. The number of carbonyl (C=O) groups excluding carboxylic acids is 2. The fourth-order valence-electron chi connectivity index (χ4n) is 1.50. The highest BCUT2D eigenvalue weighted by Crippen LogP contribution is 2.15. The lowest BCUT2D eigenvalue weighted by Crippen LogP contribution is -2.28. The SMILES string of the molecule is C/C(O)=C(\C(=O)OCc1ccccc1)C(=O)OC(C)(C)C. The van der Waals surface area contributed by atoms with Gasteiger partial charge in [-0.15, -0.1) is 0 Å². The normalized spacial score (nSPS) is 12.4. The fourth-order valence-corrected chi connectivity index (χ4v) is 1.50. The number of hydrogen-bond donors (Lipinski definition) is 1. The average molecular weight is 292 g/mol. The predicted octanol–water partition coefficient (Wildman–Crippen LogP) is 2.90. The van der Waals surface area contributed by atoms with E-state index in [1.165, 1.54) is 6.92 Å². The van der Waals surface area contributed by atoms with E-state index < -0.39 is 28.9 Å². The third kappa shape index (κ3) is 5.69. The van der Waals surface area contributed by atoms with Gasteiger partial charge in [0.1, 0.15) is 18.0 Å². The molecule has 0 aromatic heterocycles. The van der Waals surface area contributed by atoms with Crippen LogP contribution in [0.5, 0.6) is 0 Å². The van der Waals surface area contributed by atoms with E-state index in [4.69, 9.17) is 9.47 Å². The van der Waals surface area contributed by atoms with Crippen molar-refractivity contribution in [1.29, 1.82) is 0 Å². The second-order valence-electron chi connectivity index (χ2n) is 5.52. The van der Waals surface area contributed by atoms with Crippen LogP contribution in [0.15, 0.2) is 41.7 Å². The molecule has 1 aromatic carbocycles. The van der Waals surface area contributed by atoms with Crippen LogP contribution in [0.3, 0.4) is 0 Å². The highest BCUT2D eigenvalue weighted by molar-refractivity contribution is 6.14. The van der Waals surface area contributed by atoms with Gasteiger partial charge in [0.2, 0.25) is 0 Å². The van der Waals surface area contributed by atoms with Crippen molar-refractivity contribution in [2.24, 2.45) is 0 Å². The van der Waals surface area contributed by atoms with Gasteiger partial charge >= 0.3 is 11.9 Å². The Kier molecular flexibility index (Phi) is 5.52. The standard InChI is InChI=1S/C16H20O5/c1-11(17)13(15(19)21-16(2,3)4)14(18)20-10-12-8-6-5-7-9-12/h5-9,17H,10H2,1-4H3/b13-11-. The molecule has 0 saturated heterocycles. The van der Waals surface area contributed by atoms with Crippen molar-refractivity contribution in [3.05, 3.63) is 47.2 Å². The number of benzene rings is 1. The van der Waals surface area contributed by atoms with E-state index >= 15 is 0 Å². The predicted molar refractivity (Wildman–Crippen MR) is 77.4 cm³/mol. The fraction of sp³-hybridized carbons (Fsp3) is 0.375. The third-order valence-electron chi connectivity index (χ3n) is 2.38. The molecule has 0 aliphatic rings. The first kappa shape index (κ1) is 16.8. The molecule has 0 bridgehead atoms. The monoisotopic (exact) mass is 292 g/mol. The maximum atomic E-state index is 11.9. The summed E-state index contributed by atoms with van der Waals surface area (Å²) in [5.41, 5.74) is -0.469. The van der Waals surface area contributed by atoms with E-state index in [0.717, 1.165) is 5.56 Å². The molecule has 5 nitrogen and oxygen atoms in total. The van der Waals surface area contributed by atoms with E-state index in [0.29, 0.717) is 0 Å². The van der Waals surface area contributed by atoms with Crippen LogP contribution < -0.4 is 0 Å². The van der Waals surface area contributed by atoms with Gasteiger partial charge in [0.05, 0.1) is 0 Å². The Bertz CT molecular complexity index is 534. The van der Waals surface area contributed by atoms with Crippen LogP contribution >= 0.6 is 0 Å². The number of allylic oxidation sites excluding steroid dienone is 1. The first-order chi connectivity index (χ1) is 9.70. The summed E-state index contributed by atoms with van der Waals surface area (Å²) in [5.74, 6) is -2.24. The molecule has 0 aliphatic heterocycles. The van der Waals surface area contributed by atoms with Gasteiger partial charge in [0.25, 0.3) is 0 Å². The molecule has 1 rings (SSSR count). The van der Waals surface area contributed by atoms with Crippen molar-refractivity contribution >= 4 is 11.9 Å². The molecule has 0 unspecified atom stereocenters. The summed E-state index contributed by atoms with van der Waals surface area (Å²) >= 11 is 0. The highest BCUT2D eigenvalue weighted by Gasteiger charge is 2.28. The number of esters is 2. The smallest absolute Gasteiger partial charge is 0.349 e. The molecule has 0 amide bonds. The summed E-state index contributed by atoms with van der Waals surface area (Å²) < 4.78 is 10.1. The van der Waals surface area contributed by atoms with E-state index in [1.54, 1.807) is 32.9 Å². The van der Waals surface area contributed by atoms with Gasteiger partial charge in [0.15, 0.2) is 5.57 Å². The van der Waals surface area contributed by atoms with Crippen LogP contribution in [-0.2, 0) is 25.7 Å². The van der Waals surface area contributed by atoms with Gasteiger partial charge in [-0.2, -0.15) is 0 Å². The van der Waals surface area contributed by atoms with E-state index in [-0.39, 0.29) is 6.61 Å². The zero-order valence-corrected chi connectivity index (χ0v) is 12.7. The minimum absolute atomic E-state index is 0.0131. The molecule has 0 fully saturated rings.